The molecule has 0 radical (unpaired) electrons. The molecule has 0 N–H and O–H groups in total. The van der Waals surface area contributed by atoms with Crippen LogP contribution in [0, 0.1) is 6.92 Å². The number of hydrogen-bond donors (Lipinski definition) is 0. The predicted molar refractivity (Wildman–Crippen MR) is 99.2 cm³/mol. The number of para-hydroxylation sites is 1. The second-order valence-corrected chi connectivity index (χ2v) is 9.09. The summed E-state index contributed by atoms with van der Waals surface area (Å²) in [4.78, 5) is 16.4. The lowest BCUT2D eigenvalue weighted by Gasteiger charge is -2.24. The Balaban J connectivity index is 1.83. The van der Waals surface area contributed by atoms with Crippen molar-refractivity contribution in [1.82, 2.24) is 0 Å². The topological polar surface area (TPSA) is 57.7 Å². The zero-order chi connectivity index (χ0) is 17.8. The molecule has 0 bridgehead atoms. The highest BCUT2D eigenvalue weighted by Crippen LogP contribution is 2.39. The minimum atomic E-state index is -3.19. The SMILES string of the molecule is Cc1ccccc1N1C(=O)N(c2ccc(Cl)cc2)[C@H]2CS(=O)(=O)C[C@H]21. The Hall–Kier alpha value is -2.05. The van der Waals surface area contributed by atoms with Gasteiger partial charge < -0.3 is 0 Å². The minimum absolute atomic E-state index is 0.0121. The fraction of sp³-hybridized carbons (Fsp3) is 0.278. The van der Waals surface area contributed by atoms with E-state index in [-0.39, 0.29) is 23.6 Å². The second-order valence-electron chi connectivity index (χ2n) is 6.50. The lowest BCUT2D eigenvalue weighted by molar-refractivity contribution is 0.255. The summed E-state index contributed by atoms with van der Waals surface area (Å²) in [6.45, 7) is 1.92. The third-order valence-electron chi connectivity index (χ3n) is 4.85. The van der Waals surface area contributed by atoms with E-state index < -0.39 is 15.9 Å². The molecule has 0 aliphatic carbocycles. The van der Waals surface area contributed by atoms with Crippen LogP contribution in [0.1, 0.15) is 5.56 Å². The van der Waals surface area contributed by atoms with Gasteiger partial charge >= 0.3 is 6.03 Å². The van der Waals surface area contributed by atoms with Gasteiger partial charge in [-0.05, 0) is 42.8 Å². The lowest BCUT2D eigenvalue weighted by atomic mass is 10.1. The summed E-state index contributed by atoms with van der Waals surface area (Å²) in [5.74, 6) is -0.0315. The van der Waals surface area contributed by atoms with Crippen molar-refractivity contribution >= 4 is 38.8 Å². The molecule has 2 saturated heterocycles. The molecular formula is C18H17ClN2O3S. The zero-order valence-corrected chi connectivity index (χ0v) is 15.2. The highest BCUT2D eigenvalue weighted by Gasteiger charge is 2.54. The van der Waals surface area contributed by atoms with E-state index in [1.807, 2.05) is 31.2 Å². The molecule has 4 rings (SSSR count). The highest BCUT2D eigenvalue weighted by atomic mass is 35.5. The lowest BCUT2D eigenvalue weighted by Crippen LogP contribution is -2.38. The Labute approximate surface area is 151 Å². The number of halogens is 1. The highest BCUT2D eigenvalue weighted by molar-refractivity contribution is 7.91. The van der Waals surface area contributed by atoms with Gasteiger partial charge in [0, 0.05) is 16.4 Å². The van der Waals surface area contributed by atoms with Crippen LogP contribution in [0.25, 0.3) is 0 Å². The number of sulfone groups is 1. The molecule has 0 unspecified atom stereocenters. The average molecular weight is 377 g/mol. The number of amides is 2. The number of aryl methyl sites for hydroxylation is 1. The van der Waals surface area contributed by atoms with Crippen molar-refractivity contribution in [3.63, 3.8) is 0 Å². The Morgan fingerprint density at radius 1 is 0.960 bits per heavy atom. The van der Waals surface area contributed by atoms with E-state index in [0.29, 0.717) is 10.7 Å². The third-order valence-corrected chi connectivity index (χ3v) is 6.80. The van der Waals surface area contributed by atoms with Crippen molar-refractivity contribution in [3.8, 4) is 0 Å². The first-order valence-corrected chi connectivity index (χ1v) is 10.2. The van der Waals surface area contributed by atoms with E-state index in [1.54, 1.807) is 34.1 Å². The number of fused-ring (bicyclic) bond motifs is 1. The number of carbonyl (C=O) groups excluding carboxylic acids is 1. The summed E-state index contributed by atoms with van der Waals surface area (Å²) in [7, 11) is -3.19. The monoisotopic (exact) mass is 376 g/mol. The number of benzene rings is 2. The summed E-state index contributed by atoms with van der Waals surface area (Å²) in [6.07, 6.45) is 0. The molecule has 2 aromatic rings. The van der Waals surface area contributed by atoms with Gasteiger partial charge in [-0.15, -0.1) is 0 Å². The van der Waals surface area contributed by atoms with E-state index in [0.717, 1.165) is 11.3 Å². The molecule has 2 aromatic carbocycles. The van der Waals surface area contributed by atoms with Crippen LogP contribution in [0.5, 0.6) is 0 Å². The predicted octanol–water partition coefficient (Wildman–Crippen LogP) is 3.26. The molecule has 130 valence electrons. The average Bonchev–Trinajstić information content (AvgIpc) is 2.99. The number of anilines is 2. The first-order valence-electron chi connectivity index (χ1n) is 8.01. The van der Waals surface area contributed by atoms with Crippen molar-refractivity contribution < 1.29 is 13.2 Å². The quantitative estimate of drug-likeness (QED) is 0.756. The van der Waals surface area contributed by atoms with Crippen LogP contribution in [0.2, 0.25) is 5.02 Å². The van der Waals surface area contributed by atoms with Gasteiger partial charge in [0.25, 0.3) is 0 Å². The first kappa shape index (κ1) is 16.4. The first-order chi connectivity index (χ1) is 11.9. The smallest absolute Gasteiger partial charge is 0.288 e. The Morgan fingerprint density at radius 3 is 2.20 bits per heavy atom. The van der Waals surface area contributed by atoms with Crippen LogP contribution in [0.4, 0.5) is 16.2 Å². The van der Waals surface area contributed by atoms with Crippen molar-refractivity contribution in [2.45, 2.75) is 19.0 Å². The van der Waals surface area contributed by atoms with Crippen LogP contribution in [-0.2, 0) is 9.84 Å². The summed E-state index contributed by atoms with van der Waals surface area (Å²) in [5, 5.41) is 0.571. The normalized spacial score (nSPS) is 24.6. The van der Waals surface area contributed by atoms with E-state index in [1.165, 1.54) is 0 Å². The summed E-state index contributed by atoms with van der Waals surface area (Å²) < 4.78 is 24.5. The fourth-order valence-electron chi connectivity index (χ4n) is 3.72. The molecule has 7 heteroatoms. The molecule has 2 fully saturated rings. The molecule has 0 aromatic heterocycles. The standard InChI is InChI=1S/C18H17ClN2O3S/c1-12-4-2-3-5-15(12)21-17-11-25(23,24)10-16(17)20(18(21)22)14-8-6-13(19)7-9-14/h2-9,16-17H,10-11H2,1H3/t16-,17+/m0/s1. The number of carbonyl (C=O) groups is 1. The maximum absolute atomic E-state index is 13.2. The maximum Gasteiger partial charge on any atom is 0.329 e. The Bertz CT molecular complexity index is 943. The van der Waals surface area contributed by atoms with Crippen LogP contribution in [-0.4, -0.2) is 38.0 Å². The number of rotatable bonds is 2. The molecule has 0 saturated carbocycles. The van der Waals surface area contributed by atoms with E-state index in [2.05, 4.69) is 0 Å². The van der Waals surface area contributed by atoms with Gasteiger partial charge in [-0.25, -0.2) is 13.2 Å². The Morgan fingerprint density at radius 2 is 1.56 bits per heavy atom. The van der Waals surface area contributed by atoms with Crippen molar-refractivity contribution in [1.29, 1.82) is 0 Å². The molecule has 25 heavy (non-hydrogen) atoms. The van der Waals surface area contributed by atoms with Gasteiger partial charge in [-0.1, -0.05) is 29.8 Å². The van der Waals surface area contributed by atoms with E-state index in [4.69, 9.17) is 11.6 Å². The molecule has 5 nitrogen and oxygen atoms in total. The molecular weight excluding hydrogens is 360 g/mol. The van der Waals surface area contributed by atoms with Gasteiger partial charge in [0.2, 0.25) is 0 Å². The van der Waals surface area contributed by atoms with Gasteiger partial charge in [0.05, 0.1) is 23.6 Å². The van der Waals surface area contributed by atoms with E-state index >= 15 is 0 Å². The summed E-state index contributed by atoms with van der Waals surface area (Å²) in [5.41, 5.74) is 2.37. The second kappa shape index (κ2) is 5.75. The fourth-order valence-corrected chi connectivity index (χ4v) is 5.77. The zero-order valence-electron chi connectivity index (χ0n) is 13.6. The molecule has 2 atom stereocenters. The van der Waals surface area contributed by atoms with Crippen LogP contribution < -0.4 is 9.80 Å². The number of nitrogens with zero attached hydrogens (tertiary/aromatic N) is 2. The Kier molecular flexibility index (Phi) is 3.77. The summed E-state index contributed by atoms with van der Waals surface area (Å²) in [6, 6.07) is 13.5. The largest absolute Gasteiger partial charge is 0.329 e. The van der Waals surface area contributed by atoms with Gasteiger partial charge in [-0.3, -0.25) is 9.80 Å². The molecule has 2 amide bonds. The molecule has 2 aliphatic rings. The van der Waals surface area contributed by atoms with E-state index in [9.17, 15) is 13.2 Å². The van der Waals surface area contributed by atoms with Gasteiger partial charge in [0.1, 0.15) is 0 Å². The van der Waals surface area contributed by atoms with Crippen LogP contribution in [0.15, 0.2) is 48.5 Å². The van der Waals surface area contributed by atoms with Crippen LogP contribution in [0.3, 0.4) is 0 Å². The number of urea groups is 1. The van der Waals surface area contributed by atoms with Crippen molar-refractivity contribution in [2.24, 2.45) is 0 Å². The minimum Gasteiger partial charge on any atom is -0.288 e. The van der Waals surface area contributed by atoms with Crippen molar-refractivity contribution in [2.75, 3.05) is 21.3 Å². The molecule has 2 heterocycles. The third kappa shape index (κ3) is 2.69. The molecule has 0 spiro atoms. The summed E-state index contributed by atoms with van der Waals surface area (Å²) >= 11 is 5.95. The number of hydrogen-bond acceptors (Lipinski definition) is 3. The van der Waals surface area contributed by atoms with Crippen LogP contribution >= 0.6 is 11.6 Å². The van der Waals surface area contributed by atoms with Crippen molar-refractivity contribution in [3.05, 3.63) is 59.1 Å². The maximum atomic E-state index is 13.2. The van der Waals surface area contributed by atoms with Gasteiger partial charge in [0.15, 0.2) is 9.84 Å². The molecule has 2 aliphatic heterocycles. The van der Waals surface area contributed by atoms with Gasteiger partial charge in [-0.2, -0.15) is 0 Å².